The number of amides is 3. The number of aliphatic carboxylic acids is 1. The van der Waals surface area contributed by atoms with Crippen LogP contribution in [0.15, 0.2) is 22.7 Å². The number of carboxylic acid groups (broad SMARTS) is 1. The Balaban J connectivity index is 2.41. The van der Waals surface area contributed by atoms with Gasteiger partial charge in [0.15, 0.2) is 0 Å². The van der Waals surface area contributed by atoms with Crippen molar-refractivity contribution in [3.05, 3.63) is 27.7 Å². The Kier molecular flexibility index (Phi) is 6.43. The van der Waals surface area contributed by atoms with Gasteiger partial charge in [0.2, 0.25) is 0 Å². The maximum absolute atomic E-state index is 11.4. The molecule has 1 rings (SSSR count). The van der Waals surface area contributed by atoms with Crippen molar-refractivity contribution in [3.8, 4) is 0 Å². The largest absolute Gasteiger partial charge is 0.480 e. The first-order valence-corrected chi connectivity index (χ1v) is 6.41. The summed E-state index contributed by atoms with van der Waals surface area (Å²) in [6.07, 6.45) is 0. The number of carbonyl (C=O) groups excluding carboxylic acids is 2. The second kappa shape index (κ2) is 7.83. The lowest BCUT2D eigenvalue weighted by molar-refractivity contribution is -0.143. The Morgan fingerprint density at radius 2 is 2.00 bits per heavy atom. The Morgan fingerprint density at radius 1 is 1.30 bits per heavy atom. The summed E-state index contributed by atoms with van der Waals surface area (Å²) in [5.74, 6) is -1.96. The molecule has 108 valence electrons. The highest BCUT2D eigenvalue weighted by atomic mass is 79.9. The molecule has 1 aromatic rings. The Morgan fingerprint density at radius 3 is 2.60 bits per heavy atom. The van der Waals surface area contributed by atoms with Gasteiger partial charge in [0.25, 0.3) is 5.91 Å². The lowest BCUT2D eigenvalue weighted by atomic mass is 10.3. The van der Waals surface area contributed by atoms with Crippen molar-refractivity contribution < 1.29 is 24.2 Å². The molecule has 0 fully saturated rings. The molecule has 0 radical (unpaired) electrons. The van der Waals surface area contributed by atoms with E-state index in [2.05, 4.69) is 26.0 Å². The number of urea groups is 1. The molecule has 3 N–H and O–H groups in total. The number of halogens is 2. The van der Waals surface area contributed by atoms with Gasteiger partial charge >= 0.3 is 12.0 Å². The molecule has 0 atom stereocenters. The average Bonchev–Trinajstić information content (AvgIpc) is 2.33. The van der Waals surface area contributed by atoms with Gasteiger partial charge in [-0.2, -0.15) is 0 Å². The number of rotatable bonds is 5. The molecule has 0 aliphatic rings. The molecule has 0 aliphatic heterocycles. The Hall–Kier alpha value is -1.64. The second-order valence-electron chi connectivity index (χ2n) is 3.52. The van der Waals surface area contributed by atoms with Crippen LogP contribution in [0.1, 0.15) is 0 Å². The number of hydrogen-bond acceptors (Lipinski definition) is 4. The van der Waals surface area contributed by atoms with Gasteiger partial charge < -0.3 is 15.2 Å². The first-order chi connectivity index (χ1) is 9.38. The van der Waals surface area contributed by atoms with E-state index in [1.807, 2.05) is 5.32 Å². The van der Waals surface area contributed by atoms with Gasteiger partial charge in [-0.25, -0.2) is 9.59 Å². The van der Waals surface area contributed by atoms with Crippen LogP contribution in [-0.4, -0.2) is 36.2 Å². The highest BCUT2D eigenvalue weighted by Gasteiger charge is 2.09. The maximum atomic E-state index is 11.4. The lowest BCUT2D eigenvalue weighted by Crippen LogP contribution is -2.37. The van der Waals surface area contributed by atoms with E-state index in [1.165, 1.54) is 6.07 Å². The molecule has 0 unspecified atom stereocenters. The van der Waals surface area contributed by atoms with Gasteiger partial charge in [-0.1, -0.05) is 11.6 Å². The SMILES string of the molecule is O=C(O)COCC(=O)NC(=O)Nc1ccc(Br)c(Cl)c1. The molecule has 7 nitrogen and oxygen atoms in total. The average molecular weight is 366 g/mol. The van der Waals surface area contributed by atoms with E-state index < -0.39 is 31.1 Å². The Labute approximate surface area is 127 Å². The van der Waals surface area contributed by atoms with Crippen LogP contribution in [0, 0.1) is 0 Å². The summed E-state index contributed by atoms with van der Waals surface area (Å²) in [6, 6.07) is 3.94. The van der Waals surface area contributed by atoms with Crippen LogP contribution in [0.25, 0.3) is 0 Å². The third-order valence-corrected chi connectivity index (χ3v) is 3.12. The highest BCUT2D eigenvalue weighted by Crippen LogP contribution is 2.25. The minimum Gasteiger partial charge on any atom is -0.480 e. The summed E-state index contributed by atoms with van der Waals surface area (Å²) < 4.78 is 5.19. The minimum atomic E-state index is -1.20. The molecule has 9 heteroatoms. The van der Waals surface area contributed by atoms with Gasteiger partial charge in [-0.15, -0.1) is 0 Å². The van der Waals surface area contributed by atoms with Crippen LogP contribution in [0.5, 0.6) is 0 Å². The second-order valence-corrected chi connectivity index (χ2v) is 4.78. The van der Waals surface area contributed by atoms with Crippen molar-refractivity contribution in [3.63, 3.8) is 0 Å². The minimum absolute atomic E-state index is 0.398. The van der Waals surface area contributed by atoms with Gasteiger partial charge in [0.1, 0.15) is 13.2 Å². The quantitative estimate of drug-likeness (QED) is 0.738. The van der Waals surface area contributed by atoms with Crippen molar-refractivity contribution in [1.82, 2.24) is 5.32 Å². The van der Waals surface area contributed by atoms with Crippen LogP contribution in [0.2, 0.25) is 5.02 Å². The molecular formula is C11H10BrClN2O5. The molecule has 3 amide bonds. The summed E-state index contributed by atoms with van der Waals surface area (Å²) in [7, 11) is 0. The molecular weight excluding hydrogens is 355 g/mol. The monoisotopic (exact) mass is 364 g/mol. The lowest BCUT2D eigenvalue weighted by Gasteiger charge is -2.07. The van der Waals surface area contributed by atoms with E-state index in [0.29, 0.717) is 15.2 Å². The molecule has 0 spiro atoms. The van der Waals surface area contributed by atoms with Gasteiger partial charge in [-0.3, -0.25) is 10.1 Å². The number of carboxylic acids is 1. The van der Waals surface area contributed by atoms with Gasteiger partial charge in [0, 0.05) is 10.2 Å². The third kappa shape index (κ3) is 6.00. The van der Waals surface area contributed by atoms with E-state index in [4.69, 9.17) is 16.7 Å². The molecule has 20 heavy (non-hydrogen) atoms. The zero-order valence-corrected chi connectivity index (χ0v) is 12.3. The topological polar surface area (TPSA) is 105 Å². The van der Waals surface area contributed by atoms with Crippen molar-refractivity contribution in [2.45, 2.75) is 0 Å². The standard InChI is InChI=1S/C11H10BrClN2O5/c12-7-2-1-6(3-8(7)13)14-11(19)15-9(16)4-20-5-10(17)18/h1-3H,4-5H2,(H,17,18)(H2,14,15,16,19). The number of ether oxygens (including phenoxy) is 1. The number of imide groups is 1. The smallest absolute Gasteiger partial charge is 0.329 e. The number of carbonyl (C=O) groups is 3. The van der Waals surface area contributed by atoms with E-state index in [9.17, 15) is 14.4 Å². The third-order valence-electron chi connectivity index (χ3n) is 1.89. The van der Waals surface area contributed by atoms with Crippen LogP contribution in [-0.2, 0) is 14.3 Å². The van der Waals surface area contributed by atoms with E-state index in [0.717, 1.165) is 0 Å². The van der Waals surface area contributed by atoms with Crippen molar-refractivity contribution in [1.29, 1.82) is 0 Å². The van der Waals surface area contributed by atoms with Crippen LogP contribution in [0.4, 0.5) is 10.5 Å². The summed E-state index contributed by atoms with van der Waals surface area (Å²) in [4.78, 5) is 32.8. The molecule has 0 aromatic heterocycles. The first-order valence-electron chi connectivity index (χ1n) is 5.24. The van der Waals surface area contributed by atoms with Crippen molar-refractivity contribution in [2.24, 2.45) is 0 Å². The van der Waals surface area contributed by atoms with Crippen LogP contribution in [0.3, 0.4) is 0 Å². The molecule has 0 bridgehead atoms. The van der Waals surface area contributed by atoms with Crippen molar-refractivity contribution in [2.75, 3.05) is 18.5 Å². The fraction of sp³-hybridized carbons (Fsp3) is 0.182. The highest BCUT2D eigenvalue weighted by molar-refractivity contribution is 9.10. The van der Waals surface area contributed by atoms with E-state index in [1.54, 1.807) is 12.1 Å². The van der Waals surface area contributed by atoms with E-state index >= 15 is 0 Å². The molecule has 1 aromatic carbocycles. The predicted octanol–water partition coefficient (Wildman–Crippen LogP) is 1.85. The predicted molar refractivity (Wildman–Crippen MR) is 74.8 cm³/mol. The summed E-state index contributed by atoms with van der Waals surface area (Å²) in [5, 5.41) is 13.1. The van der Waals surface area contributed by atoms with Crippen molar-refractivity contribution >= 4 is 51.1 Å². The molecule has 0 aliphatic carbocycles. The zero-order valence-electron chi connectivity index (χ0n) is 9.98. The Bertz CT molecular complexity index is 538. The number of hydrogen-bond donors (Lipinski definition) is 3. The fourth-order valence-electron chi connectivity index (χ4n) is 1.13. The van der Waals surface area contributed by atoms with Gasteiger partial charge in [-0.05, 0) is 34.1 Å². The molecule has 0 saturated heterocycles. The zero-order chi connectivity index (χ0) is 15.1. The number of anilines is 1. The normalized spacial score (nSPS) is 9.90. The first kappa shape index (κ1) is 16.4. The maximum Gasteiger partial charge on any atom is 0.329 e. The van der Waals surface area contributed by atoms with Gasteiger partial charge in [0.05, 0.1) is 5.02 Å². The molecule has 0 heterocycles. The molecule has 0 saturated carbocycles. The summed E-state index contributed by atoms with van der Waals surface area (Å²) in [5.41, 5.74) is 0.398. The fourth-order valence-corrected chi connectivity index (χ4v) is 1.56. The van der Waals surface area contributed by atoms with Crippen LogP contribution < -0.4 is 10.6 Å². The number of nitrogens with one attached hydrogen (secondary N) is 2. The van der Waals surface area contributed by atoms with Crippen LogP contribution >= 0.6 is 27.5 Å². The number of benzene rings is 1. The van der Waals surface area contributed by atoms with E-state index in [-0.39, 0.29) is 0 Å². The summed E-state index contributed by atoms with van der Waals surface area (Å²) >= 11 is 9.04. The summed E-state index contributed by atoms with van der Waals surface area (Å²) in [6.45, 7) is -1.14.